The Morgan fingerprint density at radius 3 is 1.51 bits per heavy atom. The SMILES string of the molecule is C=[N+]1N=C(C(C)C)NO1.CC(C)c1ncn[nH]1.CNC(=O)C(C)C.CNC(=O)C(C)C.Cc1cc(C(C)C)on1.Cc1cc(C(C)C)sn1.Cc1cocc(C(C)C)c1=O.Cc1nsnc1C(C)C. The van der Waals surface area contributed by atoms with Crippen LogP contribution in [0.4, 0.5) is 0 Å². The Morgan fingerprint density at radius 1 is 0.710 bits per heavy atom. The molecule has 5 aromatic heterocycles. The van der Waals surface area contributed by atoms with Gasteiger partial charge < -0.3 is 19.6 Å². The highest BCUT2D eigenvalue weighted by Crippen LogP contribution is 2.19. The number of carbonyl (C=O) groups is 2. The van der Waals surface area contributed by atoms with E-state index in [-0.39, 0.29) is 35.0 Å². The standard InChI is InChI=1S/C9H12O2.C7H11NO.C7H11NS.C6H10N2S.C5H10N3O.C5H9N3.2C5H11NO/c1-6(2)8-5-11-4-7(3)9(8)10;2*1-5(2)7-4-6(3)8-9-7;1-4(2)6-5(3)7-9-8-6;1-4(2)5-6-8(3)9-7-5;1-4(2)5-6-3-7-8-5;2*1-4(2)5(7)6-3/h4-6H,1-3H3;2*4-5H,1-3H3;4H,1-3H3;4H,3H2,1-2H3,(H,6,7);3-4H,1-2H3,(H,6,7,8);2*4H,1-3H3,(H,6,7)/q;;;;+1;;;. The van der Waals surface area contributed by atoms with Crippen molar-refractivity contribution in [1.29, 1.82) is 0 Å². The lowest BCUT2D eigenvalue weighted by molar-refractivity contribution is -0.788. The monoisotopic (exact) mass is 1000 g/mol. The highest BCUT2D eigenvalue weighted by Gasteiger charge is 2.19. The lowest BCUT2D eigenvalue weighted by Gasteiger charge is -2.02. The normalized spacial score (nSPS) is 11.2. The molecule has 388 valence electrons. The zero-order chi connectivity index (χ0) is 53.6. The Morgan fingerprint density at radius 2 is 1.29 bits per heavy atom. The molecule has 0 aliphatic carbocycles. The molecule has 0 unspecified atom stereocenters. The molecule has 0 saturated carbocycles. The smallest absolute Gasteiger partial charge is 0.222 e. The molecule has 0 radical (unpaired) electrons. The highest BCUT2D eigenvalue weighted by atomic mass is 32.1. The van der Waals surface area contributed by atoms with E-state index in [9.17, 15) is 14.4 Å². The Labute approximate surface area is 420 Å². The lowest BCUT2D eigenvalue weighted by Crippen LogP contribution is -2.22. The molecule has 0 spiro atoms. The molecule has 2 amide bonds. The highest BCUT2D eigenvalue weighted by molar-refractivity contribution is 7.05. The fourth-order valence-electron chi connectivity index (χ4n) is 4.58. The Bertz CT molecular complexity index is 2170. The topological polar surface area (TPSA) is 231 Å². The van der Waals surface area contributed by atoms with E-state index < -0.39 is 0 Å². The summed E-state index contributed by atoms with van der Waals surface area (Å²) >= 11 is 2.90. The molecule has 18 nitrogen and oxygen atoms in total. The van der Waals surface area contributed by atoms with E-state index in [2.05, 4.69) is 123 Å². The summed E-state index contributed by atoms with van der Waals surface area (Å²) in [4.78, 5) is 43.3. The van der Waals surface area contributed by atoms with Crippen LogP contribution in [0, 0.1) is 45.4 Å². The quantitative estimate of drug-likeness (QED) is 0.106. The van der Waals surface area contributed by atoms with Crippen LogP contribution in [0.15, 0.2) is 49.8 Å². The number of H-pyrrole nitrogens is 1. The first-order valence-corrected chi connectivity index (χ1v) is 24.7. The van der Waals surface area contributed by atoms with Gasteiger partial charge in [-0.15, -0.1) is 10.4 Å². The van der Waals surface area contributed by atoms with Crippen molar-refractivity contribution in [3.63, 3.8) is 0 Å². The summed E-state index contributed by atoms with van der Waals surface area (Å²) in [5.74, 6) is 5.81. The zero-order valence-electron chi connectivity index (χ0n) is 45.6. The third-order valence-corrected chi connectivity index (χ3v) is 10.7. The van der Waals surface area contributed by atoms with E-state index in [0.29, 0.717) is 35.2 Å². The summed E-state index contributed by atoms with van der Waals surface area (Å²) in [5, 5.41) is 19.2. The number of hydrogen-bond donors (Lipinski definition) is 4. The van der Waals surface area contributed by atoms with Gasteiger partial charge in [0.2, 0.25) is 24.4 Å². The van der Waals surface area contributed by atoms with Crippen molar-refractivity contribution < 1.29 is 28.3 Å². The molecule has 6 rings (SSSR count). The lowest BCUT2D eigenvalue weighted by atomic mass is 10.0. The number of amidine groups is 1. The van der Waals surface area contributed by atoms with Gasteiger partial charge in [0.1, 0.15) is 22.8 Å². The zero-order valence-corrected chi connectivity index (χ0v) is 47.2. The van der Waals surface area contributed by atoms with Crippen LogP contribution in [-0.2, 0) is 14.5 Å². The average molecular weight is 1000 g/mol. The van der Waals surface area contributed by atoms with E-state index in [1.54, 1.807) is 32.6 Å². The minimum absolute atomic E-state index is 0.0972. The van der Waals surface area contributed by atoms with Crippen molar-refractivity contribution in [1.82, 2.24) is 49.6 Å². The minimum atomic E-state index is 0.0972. The van der Waals surface area contributed by atoms with E-state index in [4.69, 9.17) is 13.9 Å². The van der Waals surface area contributed by atoms with Gasteiger partial charge in [-0.2, -0.15) is 18.2 Å². The number of nitrogens with zero attached hydrogens (tertiary/aromatic N) is 8. The third-order valence-electron chi connectivity index (χ3n) is 8.89. The van der Waals surface area contributed by atoms with Crippen molar-refractivity contribution in [2.45, 2.75) is 168 Å². The predicted molar refractivity (Wildman–Crippen MR) is 281 cm³/mol. The first-order chi connectivity index (χ1) is 32.1. The van der Waals surface area contributed by atoms with Crippen LogP contribution in [0.1, 0.15) is 191 Å². The van der Waals surface area contributed by atoms with Crippen LogP contribution < -0.4 is 21.5 Å². The molecule has 20 heteroatoms. The molecule has 6 heterocycles. The van der Waals surface area contributed by atoms with Crippen molar-refractivity contribution in [2.24, 2.45) is 22.9 Å². The number of hydrogen-bond acceptors (Lipinski definition) is 16. The first-order valence-electron chi connectivity index (χ1n) is 23.2. The summed E-state index contributed by atoms with van der Waals surface area (Å²) in [6.45, 7) is 43.5. The molecular weight excluding hydrogens is 917 g/mol. The Balaban J connectivity index is 0. The molecule has 5 aromatic rings. The number of aromatic amines is 1. The van der Waals surface area contributed by atoms with Crippen molar-refractivity contribution in [2.75, 3.05) is 14.1 Å². The van der Waals surface area contributed by atoms with E-state index in [1.807, 2.05) is 82.2 Å². The number of aryl methyl sites for hydroxylation is 4. The maximum atomic E-state index is 11.4. The minimum Gasteiger partial charge on any atom is -0.472 e. The number of rotatable bonds is 8. The molecule has 0 fully saturated rings. The average Bonchev–Trinajstić information content (AvgIpc) is 4.15. The largest absolute Gasteiger partial charge is 0.472 e. The number of amides is 2. The second-order valence-corrected chi connectivity index (χ2v) is 19.5. The third kappa shape index (κ3) is 29.1. The fraction of sp³-hybridized carbons (Fsp3) is 0.612. The number of carbonyl (C=O) groups excluding carboxylic acids is 2. The van der Waals surface area contributed by atoms with Crippen LogP contribution in [-0.4, -0.2) is 76.8 Å². The Kier molecular flexibility index (Phi) is 33.7. The summed E-state index contributed by atoms with van der Waals surface area (Å²) in [6.07, 6.45) is 4.53. The first kappa shape index (κ1) is 65.5. The van der Waals surface area contributed by atoms with Gasteiger partial charge in [-0.05, 0) is 63.0 Å². The van der Waals surface area contributed by atoms with Gasteiger partial charge in [-0.25, -0.2) is 4.98 Å². The fourth-order valence-corrected chi connectivity index (χ4v) is 6.00. The molecule has 69 heavy (non-hydrogen) atoms. The van der Waals surface area contributed by atoms with Gasteiger partial charge in [-0.3, -0.25) is 19.5 Å². The van der Waals surface area contributed by atoms with Gasteiger partial charge in [0.25, 0.3) is 0 Å². The molecule has 1 aliphatic rings. The number of nitrogens with one attached hydrogen (secondary N) is 4. The van der Waals surface area contributed by atoms with Gasteiger partial charge in [0.05, 0.1) is 52.1 Å². The summed E-state index contributed by atoms with van der Waals surface area (Å²) in [7, 11) is 3.28. The summed E-state index contributed by atoms with van der Waals surface area (Å²) in [5.41, 5.74) is 8.47. The molecule has 0 aromatic carbocycles. The van der Waals surface area contributed by atoms with Crippen LogP contribution in [0.5, 0.6) is 0 Å². The summed E-state index contributed by atoms with van der Waals surface area (Å²) < 4.78 is 22.4. The van der Waals surface area contributed by atoms with Crippen molar-refractivity contribution >= 4 is 47.6 Å². The molecular formula is C49H85N12O6S2+. The number of hydroxylamine groups is 1. The second-order valence-electron chi connectivity index (χ2n) is 18.2. The van der Waals surface area contributed by atoms with Crippen molar-refractivity contribution in [3.05, 3.63) is 91.6 Å². The van der Waals surface area contributed by atoms with E-state index in [1.165, 1.54) is 35.5 Å². The van der Waals surface area contributed by atoms with Gasteiger partial charge in [-0.1, -0.05) is 116 Å². The molecule has 0 atom stereocenters. The molecule has 4 N–H and O–H groups in total. The summed E-state index contributed by atoms with van der Waals surface area (Å²) in [6, 6.07) is 4.11. The van der Waals surface area contributed by atoms with Crippen LogP contribution in [0.2, 0.25) is 0 Å². The van der Waals surface area contributed by atoms with Crippen molar-refractivity contribution in [3.8, 4) is 0 Å². The molecule has 0 bridgehead atoms. The number of aromatic nitrogens is 7. The van der Waals surface area contributed by atoms with E-state index >= 15 is 0 Å². The maximum Gasteiger partial charge on any atom is 0.222 e. The molecule has 0 saturated heterocycles. The number of hydrazone groups is 1. The van der Waals surface area contributed by atoms with E-state index in [0.717, 1.165) is 50.6 Å². The van der Waals surface area contributed by atoms with Gasteiger partial charge in [0.15, 0.2) is 5.43 Å². The van der Waals surface area contributed by atoms with Crippen LogP contribution >= 0.6 is 23.3 Å². The Hall–Kier alpha value is -5.63. The second kappa shape index (κ2) is 35.5. The van der Waals surface area contributed by atoms with Crippen LogP contribution in [0.3, 0.4) is 0 Å². The molecule has 1 aliphatic heterocycles. The predicted octanol–water partition coefficient (Wildman–Crippen LogP) is 10.5. The van der Waals surface area contributed by atoms with Crippen LogP contribution in [0.25, 0.3) is 0 Å². The maximum absolute atomic E-state index is 11.4. The van der Waals surface area contributed by atoms with Gasteiger partial charge in [0, 0.05) is 65.8 Å². The van der Waals surface area contributed by atoms with Gasteiger partial charge >= 0.3 is 0 Å².